The van der Waals surface area contributed by atoms with Crippen molar-refractivity contribution in [1.29, 1.82) is 0 Å². The number of aryl methyl sites for hydroxylation is 3. The number of rotatable bonds is 7. The van der Waals surface area contributed by atoms with Gasteiger partial charge >= 0.3 is 0 Å². The number of amides is 1. The van der Waals surface area contributed by atoms with Crippen LogP contribution in [0.4, 0.5) is 0 Å². The van der Waals surface area contributed by atoms with Gasteiger partial charge in [0, 0.05) is 43.9 Å². The molecule has 2 aromatic heterocycles. The topological polar surface area (TPSA) is 87.3 Å². The Labute approximate surface area is 185 Å². The van der Waals surface area contributed by atoms with Crippen LogP contribution in [0, 0.1) is 13.8 Å². The van der Waals surface area contributed by atoms with E-state index in [9.17, 15) is 9.59 Å². The zero-order valence-electron chi connectivity index (χ0n) is 17.9. The normalized spacial score (nSPS) is 17.2. The average Bonchev–Trinajstić information content (AvgIpc) is 3.05. The highest BCUT2D eigenvalue weighted by atomic mass is 32.1. The summed E-state index contributed by atoms with van der Waals surface area (Å²) in [7, 11) is 0. The van der Waals surface area contributed by atoms with Gasteiger partial charge in [-0.3, -0.25) is 14.5 Å². The van der Waals surface area contributed by atoms with Crippen LogP contribution in [0.15, 0.2) is 35.1 Å². The van der Waals surface area contributed by atoms with E-state index in [1.807, 2.05) is 32.0 Å². The fourth-order valence-corrected chi connectivity index (χ4v) is 4.90. The lowest BCUT2D eigenvalue weighted by Gasteiger charge is -2.33. The summed E-state index contributed by atoms with van der Waals surface area (Å²) in [4.78, 5) is 36.3. The fourth-order valence-electron chi connectivity index (χ4n) is 3.85. The summed E-state index contributed by atoms with van der Waals surface area (Å²) in [6, 6.07) is 10.4. The van der Waals surface area contributed by atoms with Crippen molar-refractivity contribution in [3.8, 4) is 0 Å². The molecule has 3 aromatic rings. The van der Waals surface area contributed by atoms with E-state index in [0.717, 1.165) is 34.9 Å². The van der Waals surface area contributed by atoms with E-state index in [-0.39, 0.29) is 24.0 Å². The van der Waals surface area contributed by atoms with Gasteiger partial charge < -0.3 is 15.0 Å². The highest BCUT2D eigenvalue weighted by Crippen LogP contribution is 2.25. The largest absolute Gasteiger partial charge is 0.374 e. The molecule has 0 saturated carbocycles. The number of hydrogen-bond donors (Lipinski definition) is 2. The molecule has 0 aliphatic carbocycles. The minimum Gasteiger partial charge on any atom is -0.374 e. The number of nitrogens with zero attached hydrogens (tertiary/aromatic N) is 2. The van der Waals surface area contributed by atoms with E-state index in [0.29, 0.717) is 30.8 Å². The Morgan fingerprint density at radius 2 is 2.13 bits per heavy atom. The van der Waals surface area contributed by atoms with E-state index >= 15 is 0 Å². The van der Waals surface area contributed by atoms with Crippen molar-refractivity contribution in [2.45, 2.75) is 39.3 Å². The van der Waals surface area contributed by atoms with E-state index < -0.39 is 0 Å². The van der Waals surface area contributed by atoms with Crippen molar-refractivity contribution < 1.29 is 9.53 Å². The first-order valence-electron chi connectivity index (χ1n) is 10.6. The molecule has 164 valence electrons. The molecule has 1 fully saturated rings. The second-order valence-electron chi connectivity index (χ2n) is 7.99. The molecule has 1 atom stereocenters. The molecule has 0 bridgehead atoms. The number of aromatic amines is 1. The highest BCUT2D eigenvalue weighted by molar-refractivity contribution is 7.18. The molecule has 1 aliphatic rings. The van der Waals surface area contributed by atoms with Crippen LogP contribution in [-0.2, 0) is 22.5 Å². The van der Waals surface area contributed by atoms with Gasteiger partial charge in [0.15, 0.2) is 0 Å². The zero-order valence-corrected chi connectivity index (χ0v) is 18.8. The van der Waals surface area contributed by atoms with Gasteiger partial charge in [-0.15, -0.1) is 11.3 Å². The molecule has 0 radical (unpaired) electrons. The van der Waals surface area contributed by atoms with Crippen LogP contribution in [0.25, 0.3) is 10.2 Å². The molecule has 8 heteroatoms. The number of carbonyl (C=O) groups is 1. The summed E-state index contributed by atoms with van der Waals surface area (Å²) in [6.07, 6.45) is 0.657. The van der Waals surface area contributed by atoms with Crippen LogP contribution in [-0.4, -0.2) is 53.1 Å². The summed E-state index contributed by atoms with van der Waals surface area (Å²) in [5.74, 6) is 0.488. The Morgan fingerprint density at radius 1 is 1.32 bits per heavy atom. The summed E-state index contributed by atoms with van der Waals surface area (Å²) in [6.45, 7) is 7.64. The number of nitrogens with one attached hydrogen (secondary N) is 2. The number of ether oxygens (including phenoxy) is 1. The van der Waals surface area contributed by atoms with E-state index in [1.165, 1.54) is 16.9 Å². The second kappa shape index (κ2) is 9.72. The predicted molar refractivity (Wildman–Crippen MR) is 123 cm³/mol. The van der Waals surface area contributed by atoms with Gasteiger partial charge in [-0.1, -0.05) is 30.3 Å². The smallest absolute Gasteiger partial charge is 0.259 e. The van der Waals surface area contributed by atoms with E-state index in [2.05, 4.69) is 32.3 Å². The maximum Gasteiger partial charge on any atom is 0.259 e. The molecule has 3 heterocycles. The number of fused-ring (bicyclic) bond motifs is 1. The number of hydrogen-bond acceptors (Lipinski definition) is 6. The highest BCUT2D eigenvalue weighted by Gasteiger charge is 2.21. The number of morpholine rings is 1. The molecule has 1 saturated heterocycles. The van der Waals surface area contributed by atoms with Crippen molar-refractivity contribution in [2.24, 2.45) is 0 Å². The average molecular weight is 441 g/mol. The molecule has 4 rings (SSSR count). The third-order valence-corrected chi connectivity index (χ3v) is 6.78. The second-order valence-corrected chi connectivity index (χ2v) is 9.20. The van der Waals surface area contributed by atoms with Crippen LogP contribution in [0.2, 0.25) is 0 Å². The van der Waals surface area contributed by atoms with Crippen LogP contribution in [0.1, 0.15) is 28.2 Å². The number of H-pyrrole nitrogens is 1. The monoisotopic (exact) mass is 440 g/mol. The summed E-state index contributed by atoms with van der Waals surface area (Å²) < 4.78 is 5.82. The van der Waals surface area contributed by atoms with E-state index in [4.69, 9.17) is 4.74 Å². The van der Waals surface area contributed by atoms with Gasteiger partial charge in [0.1, 0.15) is 10.7 Å². The molecular formula is C23H28N4O3S. The Kier molecular flexibility index (Phi) is 6.80. The molecular weight excluding hydrogens is 412 g/mol. The predicted octanol–water partition coefficient (Wildman–Crippen LogP) is 2.55. The molecule has 31 heavy (non-hydrogen) atoms. The molecule has 1 amide bonds. The maximum absolute atomic E-state index is 12.4. The quantitative estimate of drug-likeness (QED) is 0.590. The molecule has 1 aromatic carbocycles. The van der Waals surface area contributed by atoms with Crippen molar-refractivity contribution in [3.63, 3.8) is 0 Å². The van der Waals surface area contributed by atoms with Crippen molar-refractivity contribution in [1.82, 2.24) is 20.2 Å². The van der Waals surface area contributed by atoms with Crippen molar-refractivity contribution >= 4 is 27.5 Å². The van der Waals surface area contributed by atoms with Gasteiger partial charge in [-0.2, -0.15) is 0 Å². The summed E-state index contributed by atoms with van der Waals surface area (Å²) >= 11 is 1.52. The van der Waals surface area contributed by atoms with Crippen molar-refractivity contribution in [2.75, 3.05) is 26.2 Å². The third-order valence-electron chi connectivity index (χ3n) is 5.68. The molecule has 1 unspecified atom stereocenters. The first-order chi connectivity index (χ1) is 15.0. The standard InChI is InChI=1S/C23H28N4O3S/c1-15-16(2)31-23-21(15)22(29)25-19(26-23)8-9-20(28)24-12-18-14-27(10-11-30-18)13-17-6-4-3-5-7-17/h3-7,18H,8-14H2,1-2H3,(H,24,28)(H,25,26,29). The van der Waals surface area contributed by atoms with Gasteiger partial charge in [-0.05, 0) is 25.0 Å². The third kappa shape index (κ3) is 5.39. The van der Waals surface area contributed by atoms with Gasteiger partial charge in [0.05, 0.1) is 18.1 Å². The molecule has 0 spiro atoms. The van der Waals surface area contributed by atoms with E-state index in [1.54, 1.807) is 0 Å². The van der Waals surface area contributed by atoms with Crippen LogP contribution in [0.3, 0.4) is 0 Å². The lowest BCUT2D eigenvalue weighted by molar-refractivity contribution is -0.122. The van der Waals surface area contributed by atoms with Gasteiger partial charge in [0.2, 0.25) is 5.91 Å². The maximum atomic E-state index is 12.4. The first-order valence-corrected chi connectivity index (χ1v) is 11.4. The van der Waals surface area contributed by atoms with Crippen LogP contribution in [0.5, 0.6) is 0 Å². The lowest BCUT2D eigenvalue weighted by Crippen LogP contribution is -2.47. The fraction of sp³-hybridized carbons (Fsp3) is 0.435. The van der Waals surface area contributed by atoms with Crippen LogP contribution >= 0.6 is 11.3 Å². The van der Waals surface area contributed by atoms with Gasteiger partial charge in [0.25, 0.3) is 5.56 Å². The van der Waals surface area contributed by atoms with Gasteiger partial charge in [-0.25, -0.2) is 4.98 Å². The molecule has 2 N–H and O–H groups in total. The number of thiophene rings is 1. The minimum absolute atomic E-state index is 0.0206. The lowest BCUT2D eigenvalue weighted by atomic mass is 10.2. The number of carbonyl (C=O) groups excluding carboxylic acids is 1. The Balaban J connectivity index is 1.26. The summed E-state index contributed by atoms with van der Waals surface area (Å²) in [5.41, 5.74) is 2.13. The summed E-state index contributed by atoms with van der Waals surface area (Å²) in [5, 5.41) is 3.62. The van der Waals surface area contributed by atoms with Crippen molar-refractivity contribution in [3.05, 3.63) is 62.5 Å². The SMILES string of the molecule is Cc1sc2nc(CCC(=O)NCC3CN(Cc4ccccc4)CCO3)[nH]c(=O)c2c1C. The number of aromatic nitrogens is 2. The zero-order chi connectivity index (χ0) is 21.8. The van der Waals surface area contributed by atoms with Crippen LogP contribution < -0.4 is 10.9 Å². The first kappa shape index (κ1) is 21.7. The number of benzene rings is 1. The Morgan fingerprint density at radius 3 is 2.94 bits per heavy atom. The molecule has 1 aliphatic heterocycles. The minimum atomic E-state index is -0.128. The Hall–Kier alpha value is -2.55. The Bertz CT molecular complexity index is 1110. The molecule has 7 nitrogen and oxygen atoms in total.